The molecule has 1 saturated heterocycles. The van der Waals surface area contributed by atoms with Gasteiger partial charge in [0.05, 0.1) is 11.5 Å². The second-order valence-electron chi connectivity index (χ2n) is 5.93. The van der Waals surface area contributed by atoms with Crippen molar-refractivity contribution in [2.75, 3.05) is 11.5 Å². The molecule has 1 aliphatic rings. The average molecular weight is 275 g/mol. The van der Waals surface area contributed by atoms with Gasteiger partial charge in [-0.2, -0.15) is 0 Å². The van der Waals surface area contributed by atoms with E-state index in [2.05, 4.69) is 6.92 Å². The summed E-state index contributed by atoms with van der Waals surface area (Å²) in [5.41, 5.74) is 5.72. The third-order valence-electron chi connectivity index (χ3n) is 3.95. The van der Waals surface area contributed by atoms with E-state index in [1.54, 1.807) is 0 Å². The maximum absolute atomic E-state index is 11.4. The highest BCUT2D eigenvalue weighted by molar-refractivity contribution is 7.91. The van der Waals surface area contributed by atoms with Crippen molar-refractivity contribution in [1.82, 2.24) is 0 Å². The van der Waals surface area contributed by atoms with Crippen LogP contribution in [0.3, 0.4) is 0 Å². The zero-order valence-corrected chi connectivity index (χ0v) is 12.6. The van der Waals surface area contributed by atoms with Gasteiger partial charge in [-0.1, -0.05) is 58.3 Å². The summed E-state index contributed by atoms with van der Waals surface area (Å²) in [7, 11) is -2.84. The van der Waals surface area contributed by atoms with Crippen molar-refractivity contribution in [1.29, 1.82) is 0 Å². The molecule has 0 saturated carbocycles. The van der Waals surface area contributed by atoms with Gasteiger partial charge in [0, 0.05) is 5.54 Å². The Balaban J connectivity index is 2.01. The largest absolute Gasteiger partial charge is 0.324 e. The maximum atomic E-state index is 11.4. The first kappa shape index (κ1) is 16.0. The first-order chi connectivity index (χ1) is 8.47. The van der Waals surface area contributed by atoms with Crippen LogP contribution in [-0.2, 0) is 9.84 Å². The number of hydrogen-bond donors (Lipinski definition) is 1. The molecule has 0 aliphatic carbocycles. The highest BCUT2D eigenvalue weighted by Gasteiger charge is 2.38. The van der Waals surface area contributed by atoms with Gasteiger partial charge in [0.15, 0.2) is 9.84 Å². The molecule has 1 rings (SSSR count). The molecule has 1 fully saturated rings. The van der Waals surface area contributed by atoms with E-state index in [-0.39, 0.29) is 5.75 Å². The van der Waals surface area contributed by atoms with Crippen LogP contribution in [0, 0.1) is 0 Å². The third-order valence-corrected chi connectivity index (χ3v) is 5.79. The Kier molecular flexibility index (Phi) is 6.64. The SMILES string of the molecule is CCCCCCCCCCC1(N)CCS(=O)(=O)C1. The molecule has 1 atom stereocenters. The summed E-state index contributed by atoms with van der Waals surface area (Å²) in [5, 5.41) is 0. The summed E-state index contributed by atoms with van der Waals surface area (Å²) in [5.74, 6) is 0.497. The maximum Gasteiger partial charge on any atom is 0.152 e. The number of sulfone groups is 1. The summed E-state index contributed by atoms with van der Waals surface area (Å²) in [6.07, 6.45) is 11.7. The van der Waals surface area contributed by atoms with Gasteiger partial charge in [0.25, 0.3) is 0 Å². The van der Waals surface area contributed by atoms with E-state index in [9.17, 15) is 8.42 Å². The van der Waals surface area contributed by atoms with Crippen LogP contribution in [0.2, 0.25) is 0 Å². The van der Waals surface area contributed by atoms with Crippen molar-refractivity contribution in [3.63, 3.8) is 0 Å². The molecule has 18 heavy (non-hydrogen) atoms. The van der Waals surface area contributed by atoms with Crippen molar-refractivity contribution in [3.05, 3.63) is 0 Å². The molecule has 1 heterocycles. The predicted molar refractivity (Wildman–Crippen MR) is 77.4 cm³/mol. The highest BCUT2D eigenvalue weighted by atomic mass is 32.2. The van der Waals surface area contributed by atoms with Crippen LogP contribution in [-0.4, -0.2) is 25.5 Å². The predicted octanol–water partition coefficient (Wildman–Crippen LogP) is 3.03. The lowest BCUT2D eigenvalue weighted by molar-refractivity contribution is 0.414. The molecule has 0 radical (unpaired) electrons. The van der Waals surface area contributed by atoms with E-state index in [1.807, 2.05) is 0 Å². The average Bonchev–Trinajstić information content (AvgIpc) is 2.57. The summed E-state index contributed by atoms with van der Waals surface area (Å²) in [4.78, 5) is 0. The third kappa shape index (κ3) is 6.19. The van der Waals surface area contributed by atoms with E-state index in [4.69, 9.17) is 5.73 Å². The lowest BCUT2D eigenvalue weighted by Crippen LogP contribution is -2.40. The lowest BCUT2D eigenvalue weighted by Gasteiger charge is -2.21. The molecule has 0 bridgehead atoms. The van der Waals surface area contributed by atoms with Gasteiger partial charge in [-0.05, 0) is 12.8 Å². The van der Waals surface area contributed by atoms with Crippen LogP contribution >= 0.6 is 0 Å². The number of rotatable bonds is 9. The highest BCUT2D eigenvalue weighted by Crippen LogP contribution is 2.26. The Morgan fingerprint density at radius 2 is 1.56 bits per heavy atom. The molecule has 0 amide bonds. The molecule has 0 aromatic rings. The first-order valence-corrected chi connectivity index (χ1v) is 9.29. The van der Waals surface area contributed by atoms with E-state index in [0.717, 1.165) is 12.8 Å². The van der Waals surface area contributed by atoms with Gasteiger partial charge in [0.2, 0.25) is 0 Å². The van der Waals surface area contributed by atoms with Crippen molar-refractivity contribution >= 4 is 9.84 Å². The van der Waals surface area contributed by atoms with E-state index in [1.165, 1.54) is 44.9 Å². The molecule has 0 aromatic heterocycles. The van der Waals surface area contributed by atoms with Crippen LogP contribution in [0.5, 0.6) is 0 Å². The number of hydrogen-bond acceptors (Lipinski definition) is 3. The van der Waals surface area contributed by atoms with Gasteiger partial charge in [-0.15, -0.1) is 0 Å². The second kappa shape index (κ2) is 7.49. The van der Waals surface area contributed by atoms with Crippen LogP contribution in [0.1, 0.15) is 71.1 Å². The van der Waals surface area contributed by atoms with Gasteiger partial charge in [0.1, 0.15) is 0 Å². The Labute approximate surface area is 112 Å². The molecule has 0 spiro atoms. The van der Waals surface area contributed by atoms with Crippen LogP contribution in [0.25, 0.3) is 0 Å². The monoisotopic (exact) mass is 275 g/mol. The Morgan fingerprint density at radius 3 is 2.06 bits per heavy atom. The summed E-state index contributed by atoms with van der Waals surface area (Å²) in [6, 6.07) is 0. The standard InChI is InChI=1S/C14H29NO2S/c1-2-3-4-5-6-7-8-9-10-14(15)11-12-18(16,17)13-14/h2-13,15H2,1H3. The summed E-state index contributed by atoms with van der Waals surface area (Å²) < 4.78 is 22.8. The molecule has 0 aromatic carbocycles. The minimum Gasteiger partial charge on any atom is -0.324 e. The fourth-order valence-corrected chi connectivity index (χ4v) is 4.78. The van der Waals surface area contributed by atoms with Gasteiger partial charge >= 0.3 is 0 Å². The Bertz CT molecular complexity index is 327. The zero-order chi connectivity index (χ0) is 13.5. The topological polar surface area (TPSA) is 60.2 Å². The molecular weight excluding hydrogens is 246 g/mol. The molecule has 2 N–H and O–H groups in total. The lowest BCUT2D eigenvalue weighted by atomic mass is 9.92. The number of unbranched alkanes of at least 4 members (excludes halogenated alkanes) is 7. The molecule has 3 nitrogen and oxygen atoms in total. The van der Waals surface area contributed by atoms with Crippen LogP contribution < -0.4 is 5.73 Å². The van der Waals surface area contributed by atoms with Crippen molar-refractivity contribution in [2.45, 2.75) is 76.7 Å². The molecule has 108 valence electrons. The molecule has 1 unspecified atom stereocenters. The number of nitrogens with two attached hydrogens (primary N) is 1. The summed E-state index contributed by atoms with van der Waals surface area (Å²) >= 11 is 0. The Morgan fingerprint density at radius 1 is 1.00 bits per heavy atom. The molecular formula is C14H29NO2S. The minimum atomic E-state index is -2.84. The van der Waals surface area contributed by atoms with E-state index < -0.39 is 15.4 Å². The van der Waals surface area contributed by atoms with Crippen molar-refractivity contribution < 1.29 is 8.42 Å². The van der Waals surface area contributed by atoms with Gasteiger partial charge in [-0.25, -0.2) is 8.42 Å². The van der Waals surface area contributed by atoms with Crippen molar-refractivity contribution in [3.8, 4) is 0 Å². The van der Waals surface area contributed by atoms with E-state index >= 15 is 0 Å². The van der Waals surface area contributed by atoms with Crippen molar-refractivity contribution in [2.24, 2.45) is 5.73 Å². The van der Waals surface area contributed by atoms with Gasteiger partial charge in [-0.3, -0.25) is 0 Å². The first-order valence-electron chi connectivity index (χ1n) is 7.47. The molecule has 4 heteroatoms. The fourth-order valence-electron chi connectivity index (χ4n) is 2.75. The summed E-state index contributed by atoms with van der Waals surface area (Å²) in [6.45, 7) is 2.23. The Hall–Kier alpha value is -0.0900. The fraction of sp³-hybridized carbons (Fsp3) is 1.00. The van der Waals surface area contributed by atoms with Gasteiger partial charge < -0.3 is 5.73 Å². The van der Waals surface area contributed by atoms with Crippen LogP contribution in [0.4, 0.5) is 0 Å². The smallest absolute Gasteiger partial charge is 0.152 e. The van der Waals surface area contributed by atoms with Crippen LogP contribution in [0.15, 0.2) is 0 Å². The van der Waals surface area contributed by atoms with E-state index in [0.29, 0.717) is 12.2 Å². The molecule has 1 aliphatic heterocycles. The zero-order valence-electron chi connectivity index (χ0n) is 11.8. The minimum absolute atomic E-state index is 0.205. The quantitative estimate of drug-likeness (QED) is 0.658. The normalized spacial score (nSPS) is 26.6. The second-order valence-corrected chi connectivity index (χ2v) is 8.11.